The Morgan fingerprint density at radius 2 is 1.86 bits per heavy atom. The number of hydrogen-bond acceptors (Lipinski definition) is 7. The average molecular weight is 417 g/mol. The van der Waals surface area contributed by atoms with Gasteiger partial charge in [-0.15, -0.1) is 10.2 Å². The third-order valence-electron chi connectivity index (χ3n) is 6.49. The molecule has 29 heavy (non-hydrogen) atoms. The van der Waals surface area contributed by atoms with Crippen LogP contribution in [0.1, 0.15) is 44.3 Å². The number of carbonyl (C=O) groups excluding carboxylic acids is 2. The number of urea groups is 1. The molecule has 154 valence electrons. The van der Waals surface area contributed by atoms with Gasteiger partial charge in [0.1, 0.15) is 5.76 Å². The molecule has 4 aliphatic rings. The quantitative estimate of drug-likeness (QED) is 0.718. The van der Waals surface area contributed by atoms with E-state index in [0.717, 1.165) is 54.3 Å². The van der Waals surface area contributed by atoms with Crippen LogP contribution in [0.25, 0.3) is 11.5 Å². The second-order valence-corrected chi connectivity index (χ2v) is 9.68. The topological polar surface area (TPSA) is 110 Å². The van der Waals surface area contributed by atoms with Crippen molar-refractivity contribution in [3.63, 3.8) is 0 Å². The number of amides is 3. The van der Waals surface area contributed by atoms with Gasteiger partial charge in [0, 0.05) is 5.54 Å². The molecule has 4 fully saturated rings. The Balaban J connectivity index is 1.12. The molecule has 8 nitrogen and oxygen atoms in total. The second kappa shape index (κ2) is 7.19. The molecule has 4 saturated carbocycles. The predicted molar refractivity (Wildman–Crippen MR) is 105 cm³/mol. The van der Waals surface area contributed by atoms with Crippen molar-refractivity contribution in [3.05, 3.63) is 18.1 Å². The zero-order chi connectivity index (χ0) is 20.0. The number of thioether (sulfide) groups is 1. The van der Waals surface area contributed by atoms with E-state index in [-0.39, 0.29) is 22.4 Å². The number of nitrogens with one attached hydrogen (secondary N) is 2. The van der Waals surface area contributed by atoms with Crippen molar-refractivity contribution in [2.75, 3.05) is 5.75 Å². The van der Waals surface area contributed by atoms with E-state index in [9.17, 15) is 9.59 Å². The Morgan fingerprint density at radius 3 is 2.48 bits per heavy atom. The molecular formula is C20H24N4O4S. The van der Waals surface area contributed by atoms with E-state index in [0.29, 0.717) is 11.7 Å². The van der Waals surface area contributed by atoms with E-state index >= 15 is 0 Å². The zero-order valence-electron chi connectivity index (χ0n) is 16.3. The van der Waals surface area contributed by atoms with Gasteiger partial charge in [-0.3, -0.25) is 10.1 Å². The zero-order valence-corrected chi connectivity index (χ0v) is 17.1. The first-order valence-corrected chi connectivity index (χ1v) is 11.1. The van der Waals surface area contributed by atoms with Gasteiger partial charge in [-0.05, 0) is 69.3 Å². The Labute approximate surface area is 172 Å². The first-order chi connectivity index (χ1) is 14.0. The number of carbonyl (C=O) groups is 2. The molecule has 4 aliphatic carbocycles. The number of imide groups is 1. The Hall–Kier alpha value is -2.29. The van der Waals surface area contributed by atoms with E-state index in [2.05, 4.69) is 20.8 Å². The van der Waals surface area contributed by atoms with Gasteiger partial charge in [0.05, 0.1) is 17.6 Å². The summed E-state index contributed by atoms with van der Waals surface area (Å²) in [5.41, 5.74) is 0.611. The minimum absolute atomic E-state index is 0.0281. The minimum Gasteiger partial charge on any atom is -0.469 e. The third-order valence-corrected chi connectivity index (χ3v) is 7.31. The summed E-state index contributed by atoms with van der Waals surface area (Å²) in [5.74, 6) is 2.88. The molecule has 0 atom stereocenters. The van der Waals surface area contributed by atoms with Gasteiger partial charge in [0.2, 0.25) is 5.91 Å². The summed E-state index contributed by atoms with van der Waals surface area (Å²) in [6.45, 7) is 1.81. The molecule has 0 unspecified atom stereocenters. The highest BCUT2D eigenvalue weighted by Gasteiger charge is 2.51. The van der Waals surface area contributed by atoms with Crippen LogP contribution in [0, 0.1) is 24.7 Å². The molecule has 2 aromatic heterocycles. The molecular weight excluding hydrogens is 392 g/mol. The van der Waals surface area contributed by atoms with E-state index in [1.807, 2.05) is 6.92 Å². The van der Waals surface area contributed by atoms with E-state index < -0.39 is 6.03 Å². The van der Waals surface area contributed by atoms with Crippen molar-refractivity contribution in [3.8, 4) is 11.5 Å². The van der Waals surface area contributed by atoms with Gasteiger partial charge in [-0.1, -0.05) is 11.8 Å². The SMILES string of the molecule is Cc1occc1-c1nnc(SCC(=O)NC(=O)NC23CC4CC(CC(C4)C2)C3)o1. The molecule has 2 aromatic rings. The molecule has 4 bridgehead atoms. The number of furan rings is 1. The first kappa shape index (κ1) is 18.7. The van der Waals surface area contributed by atoms with Crippen LogP contribution >= 0.6 is 11.8 Å². The molecule has 0 spiro atoms. The fourth-order valence-corrected chi connectivity index (χ4v) is 6.37. The third kappa shape index (κ3) is 3.80. The first-order valence-electron chi connectivity index (χ1n) is 10.1. The van der Waals surface area contributed by atoms with Crippen LogP contribution in [0.2, 0.25) is 0 Å². The van der Waals surface area contributed by atoms with Gasteiger partial charge >= 0.3 is 6.03 Å². The number of hydrogen-bond donors (Lipinski definition) is 2. The van der Waals surface area contributed by atoms with Crippen molar-refractivity contribution in [1.82, 2.24) is 20.8 Å². The Kier molecular flexibility index (Phi) is 4.64. The fraction of sp³-hybridized carbons (Fsp3) is 0.600. The molecule has 2 N–H and O–H groups in total. The monoisotopic (exact) mass is 416 g/mol. The standard InChI is InChI=1S/C20H24N4O4S/c1-11-15(2-3-27-11)17-23-24-19(28-17)29-10-16(25)21-18(26)22-20-7-12-4-13(8-20)6-14(5-12)9-20/h2-3,12-14H,4-10H2,1H3,(H2,21,22,25,26). The maximum Gasteiger partial charge on any atom is 0.321 e. The highest BCUT2D eigenvalue weighted by atomic mass is 32.2. The van der Waals surface area contributed by atoms with Crippen LogP contribution in [0.3, 0.4) is 0 Å². The van der Waals surface area contributed by atoms with Gasteiger partial charge in [-0.2, -0.15) is 0 Å². The highest BCUT2D eigenvalue weighted by molar-refractivity contribution is 7.99. The number of aromatic nitrogens is 2. The summed E-state index contributed by atoms with van der Waals surface area (Å²) >= 11 is 1.10. The van der Waals surface area contributed by atoms with Crippen molar-refractivity contribution >= 4 is 23.7 Å². The lowest BCUT2D eigenvalue weighted by Gasteiger charge is -2.56. The Bertz CT molecular complexity index is 901. The maximum atomic E-state index is 12.4. The summed E-state index contributed by atoms with van der Waals surface area (Å²) < 4.78 is 10.8. The summed E-state index contributed by atoms with van der Waals surface area (Å²) in [7, 11) is 0. The van der Waals surface area contributed by atoms with E-state index in [1.54, 1.807) is 12.3 Å². The summed E-state index contributed by atoms with van der Waals surface area (Å²) in [6.07, 6.45) is 8.63. The van der Waals surface area contributed by atoms with Crippen LogP contribution in [-0.4, -0.2) is 33.4 Å². The maximum absolute atomic E-state index is 12.4. The molecule has 6 rings (SSSR count). The van der Waals surface area contributed by atoms with Crippen LogP contribution in [0.15, 0.2) is 26.4 Å². The van der Waals surface area contributed by atoms with Gasteiger partial charge in [0.25, 0.3) is 11.1 Å². The van der Waals surface area contributed by atoms with Crippen molar-refractivity contribution < 1.29 is 18.4 Å². The lowest BCUT2D eigenvalue weighted by molar-refractivity contribution is -0.117. The average Bonchev–Trinajstić information content (AvgIpc) is 3.26. The van der Waals surface area contributed by atoms with Crippen molar-refractivity contribution in [2.24, 2.45) is 17.8 Å². The molecule has 3 amide bonds. The fourth-order valence-electron chi connectivity index (χ4n) is 5.81. The van der Waals surface area contributed by atoms with Crippen molar-refractivity contribution in [2.45, 2.75) is 56.2 Å². The van der Waals surface area contributed by atoms with Gasteiger partial charge < -0.3 is 14.2 Å². The van der Waals surface area contributed by atoms with E-state index in [4.69, 9.17) is 8.83 Å². The second-order valence-electron chi connectivity index (χ2n) is 8.75. The largest absolute Gasteiger partial charge is 0.469 e. The lowest BCUT2D eigenvalue weighted by Crippen LogP contribution is -2.61. The lowest BCUT2D eigenvalue weighted by atomic mass is 9.53. The number of nitrogens with zero attached hydrogens (tertiary/aromatic N) is 2. The summed E-state index contributed by atoms with van der Waals surface area (Å²) in [5, 5.41) is 13.8. The van der Waals surface area contributed by atoms with Crippen molar-refractivity contribution in [1.29, 1.82) is 0 Å². The molecule has 2 heterocycles. The van der Waals surface area contributed by atoms with Gasteiger partial charge in [-0.25, -0.2) is 4.79 Å². The minimum atomic E-state index is -0.391. The van der Waals surface area contributed by atoms with E-state index in [1.165, 1.54) is 19.3 Å². The van der Waals surface area contributed by atoms with Gasteiger partial charge in [0.15, 0.2) is 0 Å². The normalized spacial score (nSPS) is 29.8. The summed E-state index contributed by atoms with van der Waals surface area (Å²) in [4.78, 5) is 24.6. The molecule has 9 heteroatoms. The smallest absolute Gasteiger partial charge is 0.321 e. The molecule has 0 aromatic carbocycles. The summed E-state index contributed by atoms with van der Waals surface area (Å²) in [6, 6.07) is 1.36. The molecule has 0 aliphatic heterocycles. The van der Waals surface area contributed by atoms with Crippen LogP contribution < -0.4 is 10.6 Å². The van der Waals surface area contributed by atoms with Crippen LogP contribution in [0.5, 0.6) is 0 Å². The molecule has 0 saturated heterocycles. The molecule has 0 radical (unpaired) electrons. The number of aryl methyl sites for hydroxylation is 1. The highest BCUT2D eigenvalue weighted by Crippen LogP contribution is 2.55. The number of rotatable bonds is 5. The van der Waals surface area contributed by atoms with Crippen LogP contribution in [-0.2, 0) is 4.79 Å². The predicted octanol–water partition coefficient (Wildman–Crippen LogP) is 3.52. The Morgan fingerprint density at radius 1 is 1.17 bits per heavy atom. The van der Waals surface area contributed by atoms with Crippen LogP contribution in [0.4, 0.5) is 4.79 Å².